The van der Waals surface area contributed by atoms with Crippen LogP contribution in [0.5, 0.6) is 0 Å². The van der Waals surface area contributed by atoms with E-state index in [1.54, 1.807) is 6.20 Å². The minimum Gasteiger partial charge on any atom is -0.383 e. The van der Waals surface area contributed by atoms with Gasteiger partial charge in [-0.15, -0.1) is 0 Å². The number of aromatic nitrogens is 1. The maximum atomic E-state index is 5.75. The normalized spacial score (nSPS) is 11.9. The number of hydrogen-bond donors (Lipinski definition) is 2. The van der Waals surface area contributed by atoms with Crippen LogP contribution in [0.3, 0.4) is 0 Å². The van der Waals surface area contributed by atoms with Gasteiger partial charge < -0.3 is 11.1 Å². The molecule has 15 heavy (non-hydrogen) atoms. The monoisotopic (exact) mass is 209 g/mol. The highest BCUT2D eigenvalue weighted by Gasteiger charge is 2.09. The van der Waals surface area contributed by atoms with Crippen LogP contribution in [-0.4, -0.2) is 11.0 Å². The zero-order valence-electron chi connectivity index (χ0n) is 10.4. The molecule has 0 aliphatic heterocycles. The van der Waals surface area contributed by atoms with E-state index in [2.05, 4.69) is 31.1 Å². The second-order valence-corrected chi connectivity index (χ2v) is 3.52. The molecule has 0 aliphatic rings. The Morgan fingerprint density at radius 2 is 1.87 bits per heavy atom. The molecule has 0 saturated carbocycles. The molecule has 1 atom stereocenters. The average Bonchev–Trinajstić information content (AvgIpc) is 2.20. The first-order valence-corrected chi connectivity index (χ1v) is 5.57. The van der Waals surface area contributed by atoms with Crippen molar-refractivity contribution < 1.29 is 0 Å². The standard InChI is InChI=1S/C10H17N3.C2H6/c1-7(2)13-8(3)9-5-4-6-12-10(9)11;1-2/h4-8,13H,1-3H3,(H2,11,12);1-2H3. The molecule has 3 heteroatoms. The minimum atomic E-state index is 0.258. The van der Waals surface area contributed by atoms with Gasteiger partial charge in [-0.1, -0.05) is 33.8 Å². The predicted molar refractivity (Wildman–Crippen MR) is 66.7 cm³/mol. The van der Waals surface area contributed by atoms with Crippen LogP contribution in [0, 0.1) is 0 Å². The topological polar surface area (TPSA) is 50.9 Å². The zero-order chi connectivity index (χ0) is 11.8. The summed E-state index contributed by atoms with van der Waals surface area (Å²) in [7, 11) is 0. The molecule has 0 amide bonds. The van der Waals surface area contributed by atoms with Crippen molar-refractivity contribution in [3.05, 3.63) is 23.9 Å². The second kappa shape index (κ2) is 7.23. The molecule has 0 radical (unpaired) electrons. The Kier molecular flexibility index (Phi) is 6.71. The Balaban J connectivity index is 0.000000921. The van der Waals surface area contributed by atoms with E-state index in [1.807, 2.05) is 26.0 Å². The Morgan fingerprint density at radius 3 is 2.33 bits per heavy atom. The van der Waals surface area contributed by atoms with Crippen molar-refractivity contribution in [1.82, 2.24) is 10.3 Å². The Morgan fingerprint density at radius 1 is 1.27 bits per heavy atom. The highest BCUT2D eigenvalue weighted by molar-refractivity contribution is 5.40. The SMILES string of the molecule is CC.CC(C)NC(C)c1cccnc1N. The lowest BCUT2D eigenvalue weighted by Gasteiger charge is -2.17. The number of anilines is 1. The molecule has 0 aromatic carbocycles. The lowest BCUT2D eigenvalue weighted by molar-refractivity contribution is 0.506. The van der Waals surface area contributed by atoms with Crippen molar-refractivity contribution in [3.8, 4) is 0 Å². The quantitative estimate of drug-likeness (QED) is 0.804. The fraction of sp³-hybridized carbons (Fsp3) is 0.583. The number of hydrogen-bond acceptors (Lipinski definition) is 3. The van der Waals surface area contributed by atoms with E-state index in [-0.39, 0.29) is 6.04 Å². The first-order valence-electron chi connectivity index (χ1n) is 5.57. The maximum absolute atomic E-state index is 5.75. The molecule has 3 nitrogen and oxygen atoms in total. The van der Waals surface area contributed by atoms with Crippen LogP contribution in [0.1, 0.15) is 46.2 Å². The summed E-state index contributed by atoms with van der Waals surface area (Å²) in [5, 5.41) is 3.38. The summed E-state index contributed by atoms with van der Waals surface area (Å²) in [6.07, 6.45) is 1.71. The van der Waals surface area contributed by atoms with Gasteiger partial charge in [0.2, 0.25) is 0 Å². The largest absolute Gasteiger partial charge is 0.383 e. The van der Waals surface area contributed by atoms with Gasteiger partial charge in [-0.25, -0.2) is 4.98 Å². The smallest absolute Gasteiger partial charge is 0.128 e. The van der Waals surface area contributed by atoms with Crippen molar-refractivity contribution in [2.45, 2.75) is 46.7 Å². The first-order chi connectivity index (χ1) is 7.11. The molecule has 1 aromatic rings. The van der Waals surface area contributed by atoms with Crippen molar-refractivity contribution in [2.24, 2.45) is 0 Å². The van der Waals surface area contributed by atoms with Gasteiger partial charge in [0.05, 0.1) is 0 Å². The van der Waals surface area contributed by atoms with Crippen LogP contribution >= 0.6 is 0 Å². The number of pyridine rings is 1. The minimum absolute atomic E-state index is 0.258. The summed E-state index contributed by atoms with van der Waals surface area (Å²) in [6, 6.07) is 4.62. The molecule has 0 bridgehead atoms. The molecule has 1 heterocycles. The van der Waals surface area contributed by atoms with Gasteiger partial charge in [0, 0.05) is 23.8 Å². The third kappa shape index (κ3) is 4.79. The molecule has 1 aromatic heterocycles. The molecule has 0 spiro atoms. The lowest BCUT2D eigenvalue weighted by Crippen LogP contribution is -2.26. The molecule has 86 valence electrons. The van der Waals surface area contributed by atoms with E-state index < -0.39 is 0 Å². The summed E-state index contributed by atoms with van der Waals surface area (Å²) in [6.45, 7) is 10.3. The van der Waals surface area contributed by atoms with Crippen LogP contribution in [0.4, 0.5) is 5.82 Å². The fourth-order valence-electron chi connectivity index (χ4n) is 1.39. The van der Waals surface area contributed by atoms with E-state index in [9.17, 15) is 0 Å². The van der Waals surface area contributed by atoms with Crippen molar-refractivity contribution in [1.29, 1.82) is 0 Å². The molecular weight excluding hydrogens is 186 g/mol. The molecule has 0 aliphatic carbocycles. The molecule has 0 fully saturated rings. The molecule has 0 saturated heterocycles. The van der Waals surface area contributed by atoms with Crippen LogP contribution < -0.4 is 11.1 Å². The van der Waals surface area contributed by atoms with Gasteiger partial charge in [0.1, 0.15) is 5.82 Å². The Hall–Kier alpha value is -1.09. The summed E-state index contributed by atoms with van der Waals surface area (Å²) >= 11 is 0. The van der Waals surface area contributed by atoms with E-state index in [4.69, 9.17) is 5.73 Å². The average molecular weight is 209 g/mol. The van der Waals surface area contributed by atoms with Crippen molar-refractivity contribution >= 4 is 5.82 Å². The Labute approximate surface area is 93.1 Å². The van der Waals surface area contributed by atoms with Gasteiger partial charge in [0.15, 0.2) is 0 Å². The number of rotatable bonds is 3. The predicted octanol–water partition coefficient (Wildman–Crippen LogP) is 2.75. The van der Waals surface area contributed by atoms with Gasteiger partial charge >= 0.3 is 0 Å². The van der Waals surface area contributed by atoms with E-state index in [1.165, 1.54) is 0 Å². The molecular formula is C12H23N3. The zero-order valence-corrected chi connectivity index (χ0v) is 10.4. The highest BCUT2D eigenvalue weighted by Crippen LogP contribution is 2.17. The number of nitrogen functional groups attached to an aromatic ring is 1. The number of nitrogens with zero attached hydrogens (tertiary/aromatic N) is 1. The van der Waals surface area contributed by atoms with Crippen LogP contribution in [0.25, 0.3) is 0 Å². The van der Waals surface area contributed by atoms with Crippen molar-refractivity contribution in [2.75, 3.05) is 5.73 Å². The molecule has 3 N–H and O–H groups in total. The summed E-state index contributed by atoms with van der Waals surface area (Å²) < 4.78 is 0. The van der Waals surface area contributed by atoms with Gasteiger partial charge in [0.25, 0.3) is 0 Å². The third-order valence-corrected chi connectivity index (χ3v) is 1.92. The molecule has 1 rings (SSSR count). The summed E-state index contributed by atoms with van der Waals surface area (Å²) in [5.74, 6) is 0.614. The highest BCUT2D eigenvalue weighted by atomic mass is 14.9. The van der Waals surface area contributed by atoms with E-state index in [0.29, 0.717) is 11.9 Å². The van der Waals surface area contributed by atoms with Crippen molar-refractivity contribution in [3.63, 3.8) is 0 Å². The van der Waals surface area contributed by atoms with Gasteiger partial charge in [-0.05, 0) is 13.0 Å². The van der Waals surface area contributed by atoms with E-state index in [0.717, 1.165) is 5.56 Å². The lowest BCUT2D eigenvalue weighted by atomic mass is 10.1. The van der Waals surface area contributed by atoms with Crippen LogP contribution in [0.2, 0.25) is 0 Å². The maximum Gasteiger partial charge on any atom is 0.128 e. The summed E-state index contributed by atoms with van der Waals surface area (Å²) in [4.78, 5) is 4.05. The Bertz CT molecular complexity index is 271. The number of nitrogens with one attached hydrogen (secondary N) is 1. The van der Waals surface area contributed by atoms with Crippen LogP contribution in [0.15, 0.2) is 18.3 Å². The fourth-order valence-corrected chi connectivity index (χ4v) is 1.39. The summed E-state index contributed by atoms with van der Waals surface area (Å²) in [5.41, 5.74) is 6.81. The van der Waals surface area contributed by atoms with E-state index >= 15 is 0 Å². The third-order valence-electron chi connectivity index (χ3n) is 1.92. The second-order valence-electron chi connectivity index (χ2n) is 3.52. The first kappa shape index (κ1) is 13.9. The van der Waals surface area contributed by atoms with Gasteiger partial charge in [-0.2, -0.15) is 0 Å². The van der Waals surface area contributed by atoms with Crippen LogP contribution in [-0.2, 0) is 0 Å². The number of nitrogens with two attached hydrogens (primary N) is 1. The van der Waals surface area contributed by atoms with Gasteiger partial charge in [-0.3, -0.25) is 0 Å². The molecule has 1 unspecified atom stereocenters.